The molecule has 1 saturated heterocycles. The van der Waals surface area contributed by atoms with Gasteiger partial charge in [0.1, 0.15) is 11.6 Å². The molecule has 0 atom stereocenters. The van der Waals surface area contributed by atoms with E-state index in [9.17, 15) is 13.6 Å². The summed E-state index contributed by atoms with van der Waals surface area (Å²) in [6.07, 6.45) is 3.23. The average Bonchev–Trinajstić information content (AvgIpc) is 2.59. The summed E-state index contributed by atoms with van der Waals surface area (Å²) in [5.74, 6) is -1.27. The summed E-state index contributed by atoms with van der Waals surface area (Å²) < 4.78 is 27.0. The number of halogens is 2. The van der Waals surface area contributed by atoms with Gasteiger partial charge in [-0.2, -0.15) is 0 Å². The van der Waals surface area contributed by atoms with Crippen molar-refractivity contribution in [3.8, 4) is 11.3 Å². The van der Waals surface area contributed by atoms with Crippen molar-refractivity contribution in [3.63, 3.8) is 0 Å². The van der Waals surface area contributed by atoms with Crippen LogP contribution in [0, 0.1) is 11.6 Å². The molecular weight excluding hydrogens is 312 g/mol. The van der Waals surface area contributed by atoms with Crippen molar-refractivity contribution in [2.24, 2.45) is 0 Å². The highest BCUT2D eigenvalue weighted by Gasteiger charge is 2.19. The maximum absolute atomic E-state index is 13.8. The van der Waals surface area contributed by atoms with Gasteiger partial charge in [0.25, 0.3) is 5.91 Å². The van der Waals surface area contributed by atoms with E-state index >= 15 is 0 Å². The fourth-order valence-corrected chi connectivity index (χ4v) is 2.80. The molecule has 0 aliphatic carbocycles. The van der Waals surface area contributed by atoms with Gasteiger partial charge >= 0.3 is 0 Å². The molecule has 1 aliphatic rings. The Morgan fingerprint density at radius 2 is 1.96 bits per heavy atom. The predicted molar refractivity (Wildman–Crippen MR) is 87.6 cm³/mol. The van der Waals surface area contributed by atoms with Gasteiger partial charge < -0.3 is 10.2 Å². The maximum atomic E-state index is 13.8. The molecule has 6 heteroatoms. The topological polar surface area (TPSA) is 45.2 Å². The first-order valence-electron chi connectivity index (χ1n) is 7.94. The molecule has 24 heavy (non-hydrogen) atoms. The molecule has 0 radical (unpaired) electrons. The second kappa shape index (κ2) is 7.05. The van der Waals surface area contributed by atoms with E-state index in [0.717, 1.165) is 44.1 Å². The first kappa shape index (κ1) is 16.5. The fourth-order valence-electron chi connectivity index (χ4n) is 2.80. The largest absolute Gasteiger partial charge is 0.349 e. The van der Waals surface area contributed by atoms with Crippen LogP contribution in [0.5, 0.6) is 0 Å². The number of carbonyl (C=O) groups is 1. The zero-order valence-electron chi connectivity index (χ0n) is 13.4. The average molecular weight is 331 g/mol. The molecule has 1 aromatic carbocycles. The Balaban J connectivity index is 1.70. The van der Waals surface area contributed by atoms with Gasteiger partial charge in [-0.25, -0.2) is 8.78 Å². The molecule has 1 amide bonds. The molecule has 126 valence electrons. The molecule has 0 spiro atoms. The van der Waals surface area contributed by atoms with Crippen LogP contribution in [-0.2, 0) is 0 Å². The summed E-state index contributed by atoms with van der Waals surface area (Å²) in [5.41, 5.74) is 0.787. The van der Waals surface area contributed by atoms with E-state index < -0.39 is 11.6 Å². The van der Waals surface area contributed by atoms with Crippen LogP contribution in [0.25, 0.3) is 11.3 Å². The smallest absolute Gasteiger partial charge is 0.253 e. The van der Waals surface area contributed by atoms with Gasteiger partial charge in [0.05, 0.1) is 11.3 Å². The molecule has 0 bridgehead atoms. The van der Waals surface area contributed by atoms with Gasteiger partial charge in [-0.3, -0.25) is 9.78 Å². The number of hydrogen-bond donors (Lipinski definition) is 1. The summed E-state index contributed by atoms with van der Waals surface area (Å²) in [4.78, 5) is 18.6. The Morgan fingerprint density at radius 1 is 1.21 bits per heavy atom. The quantitative estimate of drug-likeness (QED) is 0.941. The first-order chi connectivity index (χ1) is 11.5. The van der Waals surface area contributed by atoms with Crippen molar-refractivity contribution >= 4 is 5.91 Å². The number of likely N-dealkylation sites (tertiary alicyclic amines) is 1. The van der Waals surface area contributed by atoms with Crippen molar-refractivity contribution in [1.82, 2.24) is 15.2 Å². The van der Waals surface area contributed by atoms with E-state index in [2.05, 4.69) is 22.2 Å². The van der Waals surface area contributed by atoms with E-state index in [1.54, 1.807) is 6.07 Å². The number of amides is 1. The second-order valence-corrected chi connectivity index (χ2v) is 6.11. The molecule has 0 saturated carbocycles. The highest BCUT2D eigenvalue weighted by atomic mass is 19.1. The van der Waals surface area contributed by atoms with Crippen LogP contribution in [-0.4, -0.2) is 42.0 Å². The number of aromatic nitrogens is 1. The van der Waals surface area contributed by atoms with Gasteiger partial charge in [-0.1, -0.05) is 0 Å². The van der Waals surface area contributed by atoms with E-state index in [4.69, 9.17) is 0 Å². The Labute approximate surface area is 139 Å². The lowest BCUT2D eigenvalue weighted by atomic mass is 10.0. The summed E-state index contributed by atoms with van der Waals surface area (Å²) >= 11 is 0. The van der Waals surface area contributed by atoms with E-state index in [-0.39, 0.29) is 17.5 Å². The van der Waals surface area contributed by atoms with Gasteiger partial charge in [-0.15, -0.1) is 0 Å². The Morgan fingerprint density at radius 3 is 2.62 bits per heavy atom. The number of benzene rings is 1. The zero-order chi connectivity index (χ0) is 17.1. The lowest BCUT2D eigenvalue weighted by molar-refractivity contribution is 0.0916. The van der Waals surface area contributed by atoms with Crippen molar-refractivity contribution < 1.29 is 13.6 Å². The summed E-state index contributed by atoms with van der Waals surface area (Å²) in [6, 6.07) is 6.48. The number of pyridine rings is 1. The van der Waals surface area contributed by atoms with Crippen LogP contribution >= 0.6 is 0 Å². The van der Waals surface area contributed by atoms with Gasteiger partial charge in [0, 0.05) is 17.8 Å². The van der Waals surface area contributed by atoms with Gasteiger partial charge in [0.2, 0.25) is 0 Å². The number of piperidine rings is 1. The molecule has 1 aliphatic heterocycles. The highest BCUT2D eigenvalue weighted by Crippen LogP contribution is 2.22. The molecule has 3 rings (SSSR count). The summed E-state index contributed by atoms with van der Waals surface area (Å²) in [5, 5.41) is 3.00. The number of nitrogens with zero attached hydrogens (tertiary/aromatic N) is 2. The Bertz CT molecular complexity index is 726. The predicted octanol–water partition coefficient (Wildman–Crippen LogP) is 2.85. The third-order valence-corrected chi connectivity index (χ3v) is 4.28. The normalized spacial score (nSPS) is 16.1. The molecule has 1 aromatic heterocycles. The molecule has 2 aromatic rings. The van der Waals surface area contributed by atoms with Crippen LogP contribution in [0.3, 0.4) is 0 Å². The van der Waals surface area contributed by atoms with Crippen molar-refractivity contribution in [2.75, 3.05) is 20.1 Å². The second-order valence-electron chi connectivity index (χ2n) is 6.11. The lowest BCUT2D eigenvalue weighted by Gasteiger charge is -2.29. The van der Waals surface area contributed by atoms with Gasteiger partial charge in [-0.05, 0) is 63.3 Å². The van der Waals surface area contributed by atoms with Crippen molar-refractivity contribution in [3.05, 3.63) is 53.7 Å². The Hall–Kier alpha value is -2.34. The molecule has 0 unspecified atom stereocenters. The van der Waals surface area contributed by atoms with Crippen LogP contribution in [0.15, 0.2) is 36.5 Å². The maximum Gasteiger partial charge on any atom is 0.253 e. The Kier molecular flexibility index (Phi) is 4.85. The lowest BCUT2D eigenvalue weighted by Crippen LogP contribution is -2.43. The van der Waals surface area contributed by atoms with Gasteiger partial charge in [0.15, 0.2) is 0 Å². The standard InChI is InChI=1S/C18H19F2N3O/c1-23-8-6-14(7-9-23)22-18(24)12-2-5-17(21-11-12)15-10-13(19)3-4-16(15)20/h2-5,10-11,14H,6-9H2,1H3,(H,22,24). The van der Waals surface area contributed by atoms with Crippen LogP contribution < -0.4 is 5.32 Å². The highest BCUT2D eigenvalue weighted by molar-refractivity contribution is 5.94. The van der Waals surface area contributed by atoms with E-state index in [1.807, 2.05) is 0 Å². The molecular formula is C18H19F2N3O. The SMILES string of the molecule is CN1CCC(NC(=O)c2ccc(-c3cc(F)ccc3F)nc2)CC1. The van der Waals surface area contributed by atoms with Crippen LogP contribution in [0.1, 0.15) is 23.2 Å². The third-order valence-electron chi connectivity index (χ3n) is 4.28. The molecule has 1 fully saturated rings. The number of hydrogen-bond acceptors (Lipinski definition) is 3. The first-order valence-corrected chi connectivity index (χ1v) is 7.94. The van der Waals surface area contributed by atoms with E-state index in [0.29, 0.717) is 11.3 Å². The van der Waals surface area contributed by atoms with Crippen molar-refractivity contribution in [1.29, 1.82) is 0 Å². The van der Waals surface area contributed by atoms with Crippen molar-refractivity contribution in [2.45, 2.75) is 18.9 Å². The van der Waals surface area contributed by atoms with E-state index in [1.165, 1.54) is 12.3 Å². The zero-order valence-corrected chi connectivity index (χ0v) is 13.4. The fraction of sp³-hybridized carbons (Fsp3) is 0.333. The third kappa shape index (κ3) is 3.76. The minimum atomic E-state index is -0.549. The number of carbonyl (C=O) groups excluding carboxylic acids is 1. The molecule has 4 nitrogen and oxygen atoms in total. The molecule has 1 N–H and O–H groups in total. The minimum absolute atomic E-state index is 0.0808. The van der Waals surface area contributed by atoms with Crippen LogP contribution in [0.4, 0.5) is 8.78 Å². The summed E-state index contributed by atoms with van der Waals surface area (Å²) in [7, 11) is 2.06. The summed E-state index contributed by atoms with van der Waals surface area (Å²) in [6.45, 7) is 1.92. The minimum Gasteiger partial charge on any atom is -0.349 e. The number of nitrogens with one attached hydrogen (secondary N) is 1. The monoisotopic (exact) mass is 331 g/mol. The molecule has 2 heterocycles. The number of rotatable bonds is 3. The van der Waals surface area contributed by atoms with Crippen LogP contribution in [0.2, 0.25) is 0 Å².